The van der Waals surface area contributed by atoms with E-state index in [1.165, 1.54) is 11.8 Å². The molecular formula is C12H13ClN2O3S. The Hall–Kier alpha value is -1.40. The molecule has 0 unspecified atom stereocenters. The van der Waals surface area contributed by atoms with Crippen molar-refractivity contribution < 1.29 is 14.7 Å². The van der Waals surface area contributed by atoms with Gasteiger partial charge in [-0.2, -0.15) is 0 Å². The van der Waals surface area contributed by atoms with Crippen LogP contribution in [0.25, 0.3) is 0 Å². The van der Waals surface area contributed by atoms with E-state index in [1.807, 2.05) is 0 Å². The first kappa shape index (κ1) is 14.0. The maximum absolute atomic E-state index is 11.3. The maximum atomic E-state index is 11.3. The van der Waals surface area contributed by atoms with Gasteiger partial charge in [0, 0.05) is 30.3 Å². The number of urea groups is 1. The number of amides is 2. The number of carboxylic acids is 1. The Kier molecular flexibility index (Phi) is 4.55. The zero-order valence-corrected chi connectivity index (χ0v) is 11.6. The Morgan fingerprint density at radius 3 is 2.95 bits per heavy atom. The van der Waals surface area contributed by atoms with E-state index in [9.17, 15) is 9.59 Å². The van der Waals surface area contributed by atoms with E-state index in [1.54, 1.807) is 23.1 Å². The van der Waals surface area contributed by atoms with Gasteiger partial charge in [0.25, 0.3) is 0 Å². The fraction of sp³-hybridized carbons (Fsp3) is 0.333. The van der Waals surface area contributed by atoms with Crippen molar-refractivity contribution in [3.05, 3.63) is 28.8 Å². The molecule has 0 aliphatic carbocycles. The normalized spacial score (nSPS) is 14.6. The second-order valence-electron chi connectivity index (χ2n) is 4.01. The summed E-state index contributed by atoms with van der Waals surface area (Å²) in [5.74, 6) is -0.319. The molecule has 1 aromatic carbocycles. The van der Waals surface area contributed by atoms with Crippen molar-refractivity contribution >= 4 is 35.4 Å². The number of nitrogens with zero attached hydrogens (tertiary/aromatic N) is 1. The molecule has 0 spiro atoms. The minimum atomic E-state index is -1.04. The summed E-state index contributed by atoms with van der Waals surface area (Å²) in [4.78, 5) is 24.8. The Labute approximate surface area is 119 Å². The first-order valence-electron chi connectivity index (χ1n) is 5.76. The fourth-order valence-electron chi connectivity index (χ4n) is 1.76. The molecule has 19 heavy (non-hydrogen) atoms. The largest absolute Gasteiger partial charge is 0.478 e. The Morgan fingerprint density at radius 2 is 2.32 bits per heavy atom. The number of aromatic carboxylic acids is 1. The van der Waals surface area contributed by atoms with E-state index in [4.69, 9.17) is 16.7 Å². The number of carbonyl (C=O) groups excluding carboxylic acids is 1. The molecule has 2 amide bonds. The van der Waals surface area contributed by atoms with Crippen LogP contribution in [0.2, 0.25) is 5.02 Å². The van der Waals surface area contributed by atoms with Gasteiger partial charge in [-0.1, -0.05) is 11.6 Å². The maximum Gasteiger partial charge on any atom is 0.337 e. The third-order valence-electron chi connectivity index (χ3n) is 2.74. The lowest BCUT2D eigenvalue weighted by atomic mass is 10.2. The highest BCUT2D eigenvalue weighted by Gasteiger charge is 2.18. The Bertz CT molecular complexity index is 510. The third kappa shape index (κ3) is 3.54. The lowest BCUT2D eigenvalue weighted by Crippen LogP contribution is -2.30. The minimum absolute atomic E-state index is 0.0390. The summed E-state index contributed by atoms with van der Waals surface area (Å²) in [7, 11) is 0. The van der Waals surface area contributed by atoms with Gasteiger partial charge in [0.15, 0.2) is 0 Å². The van der Waals surface area contributed by atoms with Gasteiger partial charge in [-0.05, 0) is 18.2 Å². The number of carboxylic acid groups (broad SMARTS) is 1. The number of thioether (sulfide) groups is 1. The average Bonchev–Trinajstić information content (AvgIpc) is 2.77. The fourth-order valence-corrected chi connectivity index (χ4v) is 2.87. The van der Waals surface area contributed by atoms with E-state index in [0.29, 0.717) is 18.8 Å². The number of halogens is 1. The summed E-state index contributed by atoms with van der Waals surface area (Å²) in [6.45, 7) is 2.05. The molecule has 5 nitrogen and oxygen atoms in total. The van der Waals surface area contributed by atoms with Gasteiger partial charge < -0.3 is 15.3 Å². The first-order valence-corrected chi connectivity index (χ1v) is 7.12. The van der Waals surface area contributed by atoms with Crippen LogP contribution >= 0.6 is 23.4 Å². The Morgan fingerprint density at radius 1 is 1.53 bits per heavy atom. The number of nitrogens with one attached hydrogen (secondary N) is 1. The summed E-state index contributed by atoms with van der Waals surface area (Å²) in [5.41, 5.74) is 0.102. The van der Waals surface area contributed by atoms with Crippen LogP contribution in [-0.4, -0.2) is 47.4 Å². The topological polar surface area (TPSA) is 69.6 Å². The van der Waals surface area contributed by atoms with Crippen molar-refractivity contribution in [2.45, 2.75) is 4.90 Å². The van der Waals surface area contributed by atoms with Gasteiger partial charge >= 0.3 is 12.0 Å². The summed E-state index contributed by atoms with van der Waals surface area (Å²) in [6, 6.07) is 4.88. The molecule has 0 aromatic heterocycles. The molecule has 0 saturated carbocycles. The van der Waals surface area contributed by atoms with Crippen LogP contribution in [0.15, 0.2) is 23.1 Å². The molecule has 1 fully saturated rings. The van der Waals surface area contributed by atoms with Gasteiger partial charge in [0.2, 0.25) is 0 Å². The van der Waals surface area contributed by atoms with E-state index in [0.717, 1.165) is 11.4 Å². The van der Waals surface area contributed by atoms with Gasteiger partial charge in [0.05, 0.1) is 10.6 Å². The highest BCUT2D eigenvalue weighted by molar-refractivity contribution is 7.99. The molecule has 2 N–H and O–H groups in total. The van der Waals surface area contributed by atoms with E-state index in [2.05, 4.69) is 5.32 Å². The lowest BCUT2D eigenvalue weighted by Gasteiger charge is -2.13. The van der Waals surface area contributed by atoms with E-state index < -0.39 is 5.97 Å². The first-order chi connectivity index (χ1) is 9.08. The molecule has 7 heteroatoms. The SMILES string of the molecule is O=C(O)c1cc(SCCN2CCNC2=O)ccc1Cl. The van der Waals surface area contributed by atoms with Crippen LogP contribution in [-0.2, 0) is 0 Å². The Balaban J connectivity index is 1.91. The highest BCUT2D eigenvalue weighted by Crippen LogP contribution is 2.24. The van der Waals surface area contributed by atoms with Crippen LogP contribution in [0.3, 0.4) is 0 Å². The van der Waals surface area contributed by atoms with Gasteiger partial charge in [-0.3, -0.25) is 0 Å². The zero-order chi connectivity index (χ0) is 13.8. The van der Waals surface area contributed by atoms with Crippen LogP contribution in [0.5, 0.6) is 0 Å². The van der Waals surface area contributed by atoms with E-state index >= 15 is 0 Å². The predicted molar refractivity (Wildman–Crippen MR) is 74.1 cm³/mol. The van der Waals surface area contributed by atoms with Crippen LogP contribution in [0.4, 0.5) is 4.79 Å². The summed E-state index contributed by atoms with van der Waals surface area (Å²) in [5, 5.41) is 11.9. The summed E-state index contributed by atoms with van der Waals surface area (Å²) in [6.07, 6.45) is 0. The molecule has 0 atom stereocenters. The van der Waals surface area contributed by atoms with Crippen molar-refractivity contribution in [2.75, 3.05) is 25.4 Å². The number of hydrogen-bond donors (Lipinski definition) is 2. The predicted octanol–water partition coefficient (Wildman–Crippen LogP) is 2.16. The van der Waals surface area contributed by atoms with Crippen LogP contribution < -0.4 is 5.32 Å². The zero-order valence-electron chi connectivity index (χ0n) is 10.1. The van der Waals surface area contributed by atoms with E-state index in [-0.39, 0.29) is 16.6 Å². The van der Waals surface area contributed by atoms with Crippen molar-refractivity contribution in [2.24, 2.45) is 0 Å². The summed E-state index contributed by atoms with van der Waals surface area (Å²) >= 11 is 7.30. The van der Waals surface area contributed by atoms with Crippen molar-refractivity contribution in [3.8, 4) is 0 Å². The number of rotatable bonds is 5. The molecule has 2 rings (SSSR count). The lowest BCUT2D eigenvalue weighted by molar-refractivity contribution is 0.0697. The number of hydrogen-bond acceptors (Lipinski definition) is 3. The second-order valence-corrected chi connectivity index (χ2v) is 5.59. The minimum Gasteiger partial charge on any atom is -0.478 e. The molecule has 1 aromatic rings. The van der Waals surface area contributed by atoms with Crippen molar-refractivity contribution in [1.82, 2.24) is 10.2 Å². The van der Waals surface area contributed by atoms with Crippen LogP contribution in [0.1, 0.15) is 10.4 Å². The highest BCUT2D eigenvalue weighted by atomic mass is 35.5. The van der Waals surface area contributed by atoms with Crippen LogP contribution in [0, 0.1) is 0 Å². The van der Waals surface area contributed by atoms with Crippen molar-refractivity contribution in [1.29, 1.82) is 0 Å². The average molecular weight is 301 g/mol. The standard InChI is InChI=1S/C12H13ClN2O3S/c13-10-2-1-8(7-9(10)11(16)17)19-6-5-15-4-3-14-12(15)18/h1-2,7H,3-6H2,(H,14,18)(H,16,17). The molecular weight excluding hydrogens is 288 g/mol. The molecule has 102 valence electrons. The van der Waals surface area contributed by atoms with Gasteiger partial charge in [-0.15, -0.1) is 11.8 Å². The number of benzene rings is 1. The molecule has 1 saturated heterocycles. The number of carbonyl (C=O) groups is 2. The second kappa shape index (κ2) is 6.16. The van der Waals surface area contributed by atoms with Gasteiger partial charge in [-0.25, -0.2) is 9.59 Å². The monoisotopic (exact) mass is 300 g/mol. The molecule has 1 aliphatic rings. The molecule has 1 aliphatic heterocycles. The third-order valence-corrected chi connectivity index (χ3v) is 4.05. The molecule has 0 bridgehead atoms. The summed E-state index contributed by atoms with van der Waals surface area (Å²) < 4.78 is 0. The quantitative estimate of drug-likeness (QED) is 0.818. The smallest absolute Gasteiger partial charge is 0.337 e. The molecule has 0 radical (unpaired) electrons. The van der Waals surface area contributed by atoms with Gasteiger partial charge in [0.1, 0.15) is 0 Å². The van der Waals surface area contributed by atoms with Crippen molar-refractivity contribution in [3.63, 3.8) is 0 Å². The molecule has 1 heterocycles.